The van der Waals surface area contributed by atoms with E-state index >= 15 is 0 Å². The monoisotopic (exact) mass is 443 g/mol. The molecule has 164 valence electrons. The van der Waals surface area contributed by atoms with Gasteiger partial charge in [0.05, 0.1) is 21.3 Å². The zero-order valence-electron chi connectivity index (χ0n) is 17.9. The number of hydrogen-bond donors (Lipinski definition) is 1. The Morgan fingerprint density at radius 1 is 1.03 bits per heavy atom. The third-order valence-electron chi connectivity index (χ3n) is 4.42. The van der Waals surface area contributed by atoms with Crippen molar-refractivity contribution in [3.05, 3.63) is 42.0 Å². The number of nitrogens with zero attached hydrogens (tertiary/aromatic N) is 2. The summed E-state index contributed by atoms with van der Waals surface area (Å²) in [6, 6.07) is 11.8. The fraction of sp³-hybridized carbons (Fsp3) is 0.318. The summed E-state index contributed by atoms with van der Waals surface area (Å²) in [6.45, 7) is 2.06. The van der Waals surface area contributed by atoms with Crippen LogP contribution in [0, 0.1) is 6.92 Å². The van der Waals surface area contributed by atoms with Crippen LogP contribution in [-0.4, -0.2) is 43.2 Å². The maximum absolute atomic E-state index is 12.2. The lowest BCUT2D eigenvalue weighted by molar-refractivity contribution is -0.116. The number of aryl methyl sites for hydroxylation is 1. The van der Waals surface area contributed by atoms with Gasteiger partial charge in [-0.3, -0.25) is 10.1 Å². The van der Waals surface area contributed by atoms with E-state index in [1.54, 1.807) is 23.9 Å². The van der Waals surface area contributed by atoms with E-state index < -0.39 is 0 Å². The lowest BCUT2D eigenvalue weighted by Crippen LogP contribution is -2.11. The molecule has 0 saturated heterocycles. The van der Waals surface area contributed by atoms with Gasteiger partial charge in [0.2, 0.25) is 17.5 Å². The number of carbonyl (C=O) groups excluding carboxylic acids is 1. The van der Waals surface area contributed by atoms with Crippen LogP contribution in [0.25, 0.3) is 11.5 Å². The number of ether oxygens (including phenoxy) is 3. The fourth-order valence-electron chi connectivity index (χ4n) is 2.83. The SMILES string of the molecule is COc1cc(-c2nnc(NC(=O)CCCSc3ccc(C)cc3)o2)cc(OC)c1OC. The molecule has 1 heterocycles. The summed E-state index contributed by atoms with van der Waals surface area (Å²) >= 11 is 1.72. The predicted molar refractivity (Wildman–Crippen MR) is 119 cm³/mol. The van der Waals surface area contributed by atoms with E-state index in [4.69, 9.17) is 18.6 Å². The summed E-state index contributed by atoms with van der Waals surface area (Å²) in [5, 5.41) is 10.5. The molecule has 1 N–H and O–H groups in total. The van der Waals surface area contributed by atoms with Crippen molar-refractivity contribution in [3.8, 4) is 28.7 Å². The fourth-order valence-corrected chi connectivity index (χ4v) is 3.69. The molecular formula is C22H25N3O5S. The molecule has 0 radical (unpaired) electrons. The molecule has 1 aromatic heterocycles. The Bertz CT molecular complexity index is 995. The number of anilines is 1. The van der Waals surface area contributed by atoms with E-state index in [-0.39, 0.29) is 17.8 Å². The van der Waals surface area contributed by atoms with Crippen molar-refractivity contribution in [1.29, 1.82) is 0 Å². The number of benzene rings is 2. The minimum Gasteiger partial charge on any atom is -0.493 e. The molecule has 0 aliphatic heterocycles. The second-order valence-corrected chi connectivity index (χ2v) is 7.81. The molecule has 9 heteroatoms. The van der Waals surface area contributed by atoms with Crippen molar-refractivity contribution in [2.45, 2.75) is 24.7 Å². The minimum absolute atomic E-state index is 0.0416. The number of aromatic nitrogens is 2. The van der Waals surface area contributed by atoms with Gasteiger partial charge in [-0.2, -0.15) is 0 Å². The molecule has 0 aliphatic rings. The van der Waals surface area contributed by atoms with Gasteiger partial charge in [-0.15, -0.1) is 16.9 Å². The summed E-state index contributed by atoms with van der Waals surface area (Å²) in [6.07, 6.45) is 1.10. The first-order valence-corrected chi connectivity index (χ1v) is 10.7. The maximum Gasteiger partial charge on any atom is 0.322 e. The molecule has 0 aliphatic carbocycles. The highest BCUT2D eigenvalue weighted by atomic mass is 32.2. The van der Waals surface area contributed by atoms with Gasteiger partial charge in [0.1, 0.15) is 0 Å². The van der Waals surface area contributed by atoms with E-state index in [9.17, 15) is 4.79 Å². The molecule has 2 aromatic carbocycles. The van der Waals surface area contributed by atoms with E-state index in [0.717, 1.165) is 12.2 Å². The number of amides is 1. The molecule has 0 saturated carbocycles. The molecule has 3 rings (SSSR count). The smallest absolute Gasteiger partial charge is 0.322 e. The Labute approximate surface area is 185 Å². The molecule has 0 unspecified atom stereocenters. The van der Waals surface area contributed by atoms with Gasteiger partial charge < -0.3 is 18.6 Å². The van der Waals surface area contributed by atoms with E-state index in [1.165, 1.54) is 31.8 Å². The third kappa shape index (κ3) is 5.91. The highest BCUT2D eigenvalue weighted by Gasteiger charge is 2.18. The van der Waals surface area contributed by atoms with Crippen molar-refractivity contribution >= 4 is 23.7 Å². The average molecular weight is 444 g/mol. The Kier molecular flexibility index (Phi) is 7.77. The molecule has 8 nitrogen and oxygen atoms in total. The summed E-state index contributed by atoms with van der Waals surface area (Å²) in [5.74, 6) is 2.29. The highest BCUT2D eigenvalue weighted by molar-refractivity contribution is 7.99. The average Bonchev–Trinajstić information content (AvgIpc) is 3.25. The lowest BCUT2D eigenvalue weighted by atomic mass is 10.2. The van der Waals surface area contributed by atoms with Crippen LogP contribution in [0.5, 0.6) is 17.2 Å². The van der Waals surface area contributed by atoms with Crippen molar-refractivity contribution in [2.75, 3.05) is 32.4 Å². The third-order valence-corrected chi connectivity index (χ3v) is 5.52. The lowest BCUT2D eigenvalue weighted by Gasteiger charge is -2.12. The second kappa shape index (κ2) is 10.7. The van der Waals surface area contributed by atoms with Gasteiger partial charge in [0, 0.05) is 16.9 Å². The maximum atomic E-state index is 12.2. The Balaban J connectivity index is 1.56. The summed E-state index contributed by atoms with van der Waals surface area (Å²) < 4.78 is 21.6. The topological polar surface area (TPSA) is 95.7 Å². The van der Waals surface area contributed by atoms with Gasteiger partial charge in [0.25, 0.3) is 0 Å². The Morgan fingerprint density at radius 2 is 1.71 bits per heavy atom. The van der Waals surface area contributed by atoms with Gasteiger partial charge in [-0.1, -0.05) is 22.8 Å². The standard InChI is InChI=1S/C22H25N3O5S/c1-14-7-9-16(10-8-14)31-11-5-6-19(26)23-22-25-24-21(30-22)15-12-17(27-2)20(29-4)18(13-15)28-3/h7-10,12-13H,5-6,11H2,1-4H3,(H,23,25,26). The first-order chi connectivity index (χ1) is 15.0. The number of nitrogens with one attached hydrogen (secondary N) is 1. The minimum atomic E-state index is -0.176. The van der Waals surface area contributed by atoms with Crippen LogP contribution in [0.15, 0.2) is 45.7 Å². The largest absolute Gasteiger partial charge is 0.493 e. The number of rotatable bonds is 10. The van der Waals surface area contributed by atoms with Crippen LogP contribution in [0.2, 0.25) is 0 Å². The van der Waals surface area contributed by atoms with Gasteiger partial charge in [-0.05, 0) is 43.4 Å². The van der Waals surface area contributed by atoms with Crippen LogP contribution in [0.1, 0.15) is 18.4 Å². The number of thioether (sulfide) groups is 1. The van der Waals surface area contributed by atoms with Crippen molar-refractivity contribution in [3.63, 3.8) is 0 Å². The molecule has 0 spiro atoms. The highest BCUT2D eigenvalue weighted by Crippen LogP contribution is 2.41. The van der Waals surface area contributed by atoms with Crippen LogP contribution in [0.3, 0.4) is 0 Å². The van der Waals surface area contributed by atoms with Crippen LogP contribution >= 0.6 is 11.8 Å². The Morgan fingerprint density at radius 3 is 2.32 bits per heavy atom. The molecule has 0 atom stereocenters. The van der Waals surface area contributed by atoms with Gasteiger partial charge in [0.15, 0.2) is 11.5 Å². The van der Waals surface area contributed by atoms with Crippen LogP contribution in [-0.2, 0) is 4.79 Å². The normalized spacial score (nSPS) is 10.6. The Hall–Kier alpha value is -3.20. The molecule has 3 aromatic rings. The number of carbonyl (C=O) groups is 1. The molecular weight excluding hydrogens is 418 g/mol. The quantitative estimate of drug-likeness (QED) is 0.359. The first kappa shape index (κ1) is 22.5. The van der Waals surface area contributed by atoms with Gasteiger partial charge in [-0.25, -0.2) is 0 Å². The zero-order valence-corrected chi connectivity index (χ0v) is 18.7. The molecule has 0 fully saturated rings. The van der Waals surface area contributed by atoms with Crippen molar-refractivity contribution in [1.82, 2.24) is 10.2 Å². The van der Waals surface area contributed by atoms with Crippen molar-refractivity contribution in [2.24, 2.45) is 0 Å². The molecule has 0 bridgehead atoms. The van der Waals surface area contributed by atoms with Crippen LogP contribution in [0.4, 0.5) is 6.01 Å². The number of hydrogen-bond acceptors (Lipinski definition) is 8. The molecule has 1 amide bonds. The summed E-state index contributed by atoms with van der Waals surface area (Å²) in [7, 11) is 4.58. The summed E-state index contributed by atoms with van der Waals surface area (Å²) in [5.41, 5.74) is 1.81. The van der Waals surface area contributed by atoms with E-state index in [0.29, 0.717) is 29.2 Å². The van der Waals surface area contributed by atoms with Gasteiger partial charge >= 0.3 is 6.01 Å². The van der Waals surface area contributed by atoms with E-state index in [2.05, 4.69) is 46.7 Å². The molecule has 31 heavy (non-hydrogen) atoms. The first-order valence-electron chi connectivity index (χ1n) is 9.67. The summed E-state index contributed by atoms with van der Waals surface area (Å²) in [4.78, 5) is 13.4. The zero-order chi connectivity index (χ0) is 22.2. The predicted octanol–water partition coefficient (Wildman–Crippen LogP) is 4.58. The van der Waals surface area contributed by atoms with E-state index in [1.807, 2.05) is 0 Å². The number of methoxy groups -OCH3 is 3. The second-order valence-electron chi connectivity index (χ2n) is 6.64. The van der Waals surface area contributed by atoms with Crippen molar-refractivity contribution < 1.29 is 23.4 Å². The van der Waals surface area contributed by atoms with Crippen LogP contribution < -0.4 is 19.5 Å².